The molecule has 3 rings (SSSR count). The van der Waals surface area contributed by atoms with Crippen molar-refractivity contribution in [1.29, 1.82) is 0 Å². The summed E-state index contributed by atoms with van der Waals surface area (Å²) in [5, 5.41) is 13.5. The van der Waals surface area contributed by atoms with E-state index in [1.54, 1.807) is 0 Å². The second-order valence-electron chi connectivity index (χ2n) is 6.61. The Labute approximate surface area is 126 Å². The molecule has 21 heavy (non-hydrogen) atoms. The summed E-state index contributed by atoms with van der Waals surface area (Å²) in [4.78, 5) is 14.7. The molecule has 4 nitrogen and oxygen atoms in total. The van der Waals surface area contributed by atoms with Crippen LogP contribution in [0, 0.1) is 5.92 Å². The van der Waals surface area contributed by atoms with Gasteiger partial charge in [0.15, 0.2) is 0 Å². The van der Waals surface area contributed by atoms with Crippen molar-refractivity contribution < 1.29 is 9.90 Å². The van der Waals surface area contributed by atoms with Crippen LogP contribution < -0.4 is 5.32 Å². The second-order valence-corrected chi connectivity index (χ2v) is 6.61. The molecule has 2 aliphatic rings. The molecule has 1 amide bonds. The molecular formula is C17H24N2O2. The molecule has 0 radical (unpaired) electrons. The topological polar surface area (TPSA) is 52.6 Å². The minimum absolute atomic E-state index is 0.0166. The second kappa shape index (κ2) is 5.68. The number of amides is 1. The molecule has 4 heteroatoms. The largest absolute Gasteiger partial charge is 0.390 e. The highest BCUT2D eigenvalue weighted by atomic mass is 16.3. The van der Waals surface area contributed by atoms with Gasteiger partial charge < -0.3 is 15.3 Å². The number of carbonyl (C=O) groups excluding carboxylic acids is 1. The smallest absolute Gasteiger partial charge is 0.227 e. The third-order valence-electron chi connectivity index (χ3n) is 4.75. The summed E-state index contributed by atoms with van der Waals surface area (Å²) in [6.07, 6.45) is 3.16. The van der Waals surface area contributed by atoms with Crippen molar-refractivity contribution in [3.8, 4) is 0 Å². The first-order valence-electron chi connectivity index (χ1n) is 7.88. The lowest BCUT2D eigenvalue weighted by Gasteiger charge is -2.30. The summed E-state index contributed by atoms with van der Waals surface area (Å²) in [7, 11) is 0. The van der Waals surface area contributed by atoms with Gasteiger partial charge in [0.05, 0.1) is 11.5 Å². The highest BCUT2D eigenvalue weighted by Gasteiger charge is 2.31. The van der Waals surface area contributed by atoms with Gasteiger partial charge in [0, 0.05) is 25.3 Å². The van der Waals surface area contributed by atoms with Crippen LogP contribution >= 0.6 is 0 Å². The lowest BCUT2D eigenvalue weighted by molar-refractivity contribution is -0.135. The monoisotopic (exact) mass is 288 g/mol. The SMILES string of the molecule is CC1(O)CCCN(C(=O)C2CNc3ccccc3C2)CC1. The Bertz CT molecular complexity index is 527. The number of fused-ring (bicyclic) bond motifs is 1. The number of hydrogen-bond donors (Lipinski definition) is 2. The summed E-state index contributed by atoms with van der Waals surface area (Å²) in [6.45, 7) is 4.03. The van der Waals surface area contributed by atoms with E-state index in [1.807, 2.05) is 24.0 Å². The van der Waals surface area contributed by atoms with Crippen LogP contribution in [0.2, 0.25) is 0 Å². The van der Waals surface area contributed by atoms with Crippen LogP contribution in [-0.4, -0.2) is 41.1 Å². The minimum atomic E-state index is -0.619. The van der Waals surface area contributed by atoms with E-state index in [0.29, 0.717) is 19.5 Å². The first-order chi connectivity index (χ1) is 10.1. The molecule has 0 bridgehead atoms. The Morgan fingerprint density at radius 1 is 1.33 bits per heavy atom. The normalized spacial score (nSPS) is 29.2. The van der Waals surface area contributed by atoms with Crippen molar-refractivity contribution in [3.63, 3.8) is 0 Å². The van der Waals surface area contributed by atoms with Gasteiger partial charge in [-0.25, -0.2) is 0 Å². The minimum Gasteiger partial charge on any atom is -0.390 e. The van der Waals surface area contributed by atoms with Crippen molar-refractivity contribution >= 4 is 11.6 Å². The number of anilines is 1. The van der Waals surface area contributed by atoms with Gasteiger partial charge >= 0.3 is 0 Å². The van der Waals surface area contributed by atoms with Gasteiger partial charge in [0.2, 0.25) is 5.91 Å². The zero-order valence-electron chi connectivity index (χ0n) is 12.6. The van der Waals surface area contributed by atoms with Gasteiger partial charge in [0.1, 0.15) is 0 Å². The van der Waals surface area contributed by atoms with Gasteiger partial charge in [-0.3, -0.25) is 4.79 Å². The molecular weight excluding hydrogens is 264 g/mol. The van der Waals surface area contributed by atoms with Gasteiger partial charge in [-0.15, -0.1) is 0 Å². The van der Waals surface area contributed by atoms with Crippen LogP contribution in [0.1, 0.15) is 31.7 Å². The van der Waals surface area contributed by atoms with E-state index in [0.717, 1.165) is 31.5 Å². The van der Waals surface area contributed by atoms with E-state index >= 15 is 0 Å². The Hall–Kier alpha value is -1.55. The number of carbonyl (C=O) groups is 1. The third kappa shape index (κ3) is 3.21. The standard InChI is InChI=1S/C17H24N2O2/c1-17(21)7-4-9-19(10-8-17)16(20)14-11-13-5-2-3-6-15(13)18-12-14/h2-3,5-6,14,18,21H,4,7-12H2,1H3. The highest BCUT2D eigenvalue weighted by molar-refractivity contribution is 5.81. The van der Waals surface area contributed by atoms with E-state index in [9.17, 15) is 9.90 Å². The molecule has 0 spiro atoms. The number of rotatable bonds is 1. The Kier molecular flexibility index (Phi) is 3.89. The number of nitrogens with one attached hydrogen (secondary N) is 1. The predicted molar refractivity (Wildman–Crippen MR) is 83.2 cm³/mol. The van der Waals surface area contributed by atoms with Gasteiger partial charge in [-0.1, -0.05) is 18.2 Å². The van der Waals surface area contributed by atoms with E-state index in [1.165, 1.54) is 5.56 Å². The Morgan fingerprint density at radius 3 is 3.00 bits per heavy atom. The first-order valence-corrected chi connectivity index (χ1v) is 7.88. The number of benzene rings is 1. The summed E-state index contributed by atoms with van der Waals surface area (Å²) < 4.78 is 0. The zero-order valence-corrected chi connectivity index (χ0v) is 12.6. The van der Waals surface area contributed by atoms with E-state index in [2.05, 4.69) is 17.4 Å². The maximum absolute atomic E-state index is 12.7. The summed E-state index contributed by atoms with van der Waals surface area (Å²) in [5.74, 6) is 0.248. The quantitative estimate of drug-likeness (QED) is 0.831. The maximum Gasteiger partial charge on any atom is 0.227 e. The number of aliphatic hydroxyl groups is 1. The molecule has 2 aliphatic heterocycles. The van der Waals surface area contributed by atoms with Crippen molar-refractivity contribution in [2.24, 2.45) is 5.92 Å². The molecule has 2 atom stereocenters. The van der Waals surface area contributed by atoms with Crippen LogP contribution in [0.5, 0.6) is 0 Å². The van der Waals surface area contributed by atoms with E-state index < -0.39 is 5.60 Å². The molecule has 0 aromatic heterocycles. The van der Waals surface area contributed by atoms with Crippen molar-refractivity contribution in [3.05, 3.63) is 29.8 Å². The number of likely N-dealkylation sites (tertiary alicyclic amines) is 1. The summed E-state index contributed by atoms with van der Waals surface area (Å²) >= 11 is 0. The average Bonchev–Trinajstić information content (AvgIpc) is 2.67. The zero-order chi connectivity index (χ0) is 14.9. The third-order valence-corrected chi connectivity index (χ3v) is 4.75. The van der Waals surface area contributed by atoms with Crippen LogP contribution in [0.4, 0.5) is 5.69 Å². The molecule has 1 fully saturated rings. The molecule has 2 unspecified atom stereocenters. The fourth-order valence-electron chi connectivity index (χ4n) is 3.36. The fourth-order valence-corrected chi connectivity index (χ4v) is 3.36. The number of para-hydroxylation sites is 1. The van der Waals surface area contributed by atoms with Crippen LogP contribution in [0.3, 0.4) is 0 Å². The van der Waals surface area contributed by atoms with Crippen LogP contribution in [0.25, 0.3) is 0 Å². The first kappa shape index (κ1) is 14.4. The molecule has 114 valence electrons. The van der Waals surface area contributed by atoms with Crippen molar-refractivity contribution in [2.75, 3.05) is 25.0 Å². The van der Waals surface area contributed by atoms with Gasteiger partial charge in [-0.05, 0) is 44.2 Å². The van der Waals surface area contributed by atoms with Gasteiger partial charge in [0.25, 0.3) is 0 Å². The molecule has 1 saturated heterocycles. The van der Waals surface area contributed by atoms with Crippen molar-refractivity contribution in [1.82, 2.24) is 4.90 Å². The number of nitrogens with zero attached hydrogens (tertiary/aromatic N) is 1. The fraction of sp³-hybridized carbons (Fsp3) is 0.588. The Morgan fingerprint density at radius 2 is 2.14 bits per heavy atom. The average molecular weight is 288 g/mol. The highest BCUT2D eigenvalue weighted by Crippen LogP contribution is 2.27. The van der Waals surface area contributed by atoms with E-state index in [-0.39, 0.29) is 11.8 Å². The lowest BCUT2D eigenvalue weighted by atomic mass is 9.92. The van der Waals surface area contributed by atoms with Gasteiger partial charge in [-0.2, -0.15) is 0 Å². The lowest BCUT2D eigenvalue weighted by Crippen LogP contribution is -2.42. The molecule has 0 saturated carbocycles. The summed E-state index contributed by atoms with van der Waals surface area (Å²) in [6, 6.07) is 8.20. The molecule has 0 aliphatic carbocycles. The summed E-state index contributed by atoms with van der Waals surface area (Å²) in [5.41, 5.74) is 1.76. The molecule has 2 heterocycles. The number of hydrogen-bond acceptors (Lipinski definition) is 3. The van der Waals surface area contributed by atoms with Crippen LogP contribution in [-0.2, 0) is 11.2 Å². The predicted octanol–water partition coefficient (Wildman–Crippen LogP) is 2.03. The Balaban J connectivity index is 1.66. The van der Waals surface area contributed by atoms with Crippen molar-refractivity contribution in [2.45, 2.75) is 38.2 Å². The molecule has 1 aromatic carbocycles. The van der Waals surface area contributed by atoms with E-state index in [4.69, 9.17) is 0 Å². The molecule has 1 aromatic rings. The van der Waals surface area contributed by atoms with Crippen LogP contribution in [0.15, 0.2) is 24.3 Å². The molecule has 2 N–H and O–H groups in total. The maximum atomic E-state index is 12.7.